The van der Waals surface area contributed by atoms with E-state index in [2.05, 4.69) is 21.1 Å². The summed E-state index contributed by atoms with van der Waals surface area (Å²) in [7, 11) is -14.5. The Kier molecular flexibility index (Phi) is 8.68. The van der Waals surface area contributed by atoms with Crippen molar-refractivity contribution in [2.45, 2.75) is 9.79 Å². The molecule has 0 fully saturated rings. The molecule has 0 radical (unpaired) electrons. The van der Waals surface area contributed by atoms with Crippen molar-refractivity contribution in [3.8, 4) is 11.1 Å². The van der Waals surface area contributed by atoms with E-state index in [0.29, 0.717) is 16.8 Å². The molecule has 2 aliphatic rings. The summed E-state index contributed by atoms with van der Waals surface area (Å²) in [6, 6.07) is 20.7. The molecule has 15 nitrogen and oxygen atoms in total. The molecule has 0 atom stereocenters. The van der Waals surface area contributed by atoms with Crippen molar-refractivity contribution in [2.75, 3.05) is 10.9 Å². The van der Waals surface area contributed by atoms with Crippen LogP contribution in [0.3, 0.4) is 0 Å². The van der Waals surface area contributed by atoms with Gasteiger partial charge in [-0.25, -0.2) is 0 Å². The molecule has 0 unspecified atom stereocenters. The van der Waals surface area contributed by atoms with Crippen LogP contribution in [0.5, 0.6) is 0 Å². The smallest absolute Gasteiger partial charge is 0.287 e. The molecule has 5 N–H and O–H groups in total. The van der Waals surface area contributed by atoms with Gasteiger partial charge >= 0.3 is 0 Å². The van der Waals surface area contributed by atoms with E-state index < -0.39 is 67.9 Å². The fourth-order valence-electron chi connectivity index (χ4n) is 5.22. The maximum atomic E-state index is 13.3. The van der Waals surface area contributed by atoms with Crippen LogP contribution in [0.1, 0.15) is 27.0 Å². The first kappa shape index (κ1) is 34.2. The van der Waals surface area contributed by atoms with E-state index in [1.54, 1.807) is 54.6 Å². The van der Waals surface area contributed by atoms with Crippen molar-refractivity contribution in [1.29, 1.82) is 0 Å². The number of hydrogen-bond acceptors (Lipinski definition) is 12. The monoisotopic (exact) mass is 734 g/mol. The van der Waals surface area contributed by atoms with Gasteiger partial charge in [0.2, 0.25) is 11.6 Å². The number of hydrogen-bond donors (Lipinski definition) is 5. The molecule has 2 aliphatic carbocycles. The van der Waals surface area contributed by atoms with Crippen molar-refractivity contribution < 1.29 is 48.5 Å². The van der Waals surface area contributed by atoms with Crippen molar-refractivity contribution in [3.63, 3.8) is 0 Å². The minimum absolute atomic E-state index is 0.0313. The fourth-order valence-corrected chi connectivity index (χ4v) is 7.32. The van der Waals surface area contributed by atoms with Crippen molar-refractivity contribution in [3.05, 3.63) is 118 Å². The lowest BCUT2D eigenvalue weighted by Crippen LogP contribution is -2.28. The number of nitrogens with one attached hydrogen (secondary N) is 2. The highest BCUT2D eigenvalue weighted by Gasteiger charge is 2.36. The number of rotatable bonds is 8. The van der Waals surface area contributed by atoms with E-state index in [-0.39, 0.29) is 22.5 Å². The first-order chi connectivity index (χ1) is 23.5. The van der Waals surface area contributed by atoms with Crippen molar-refractivity contribution >= 4 is 76.9 Å². The molecule has 0 spiro atoms. The van der Waals surface area contributed by atoms with E-state index >= 15 is 0 Å². The number of nitrogens with zero attached hydrogens (tertiary/aromatic N) is 2. The lowest BCUT2D eigenvalue weighted by molar-refractivity contribution is -0.108. The zero-order chi connectivity index (χ0) is 36.0. The predicted octanol–water partition coefficient (Wildman–Crippen LogP) is 4.15. The first-order valence-electron chi connectivity index (χ1n) is 14.1. The second kappa shape index (κ2) is 12.7. The van der Waals surface area contributed by atoms with Crippen LogP contribution < -0.4 is 10.9 Å². The molecule has 18 heteroatoms. The van der Waals surface area contributed by atoms with Gasteiger partial charge in [0.15, 0.2) is 5.71 Å². The highest BCUT2D eigenvalue weighted by molar-refractivity contribution is 7.91. The Labute approximate surface area is 284 Å². The third-order valence-electron chi connectivity index (χ3n) is 7.49. The Morgan fingerprint density at radius 3 is 1.50 bits per heavy atom. The molecule has 6 rings (SSSR count). The molecule has 254 valence electrons. The predicted molar refractivity (Wildman–Crippen MR) is 184 cm³/mol. The van der Waals surface area contributed by atoms with Crippen LogP contribution in [-0.2, 0) is 35.1 Å². The Bertz CT molecular complexity index is 2580. The summed E-state index contributed by atoms with van der Waals surface area (Å²) in [5, 5.41) is 7.98. The maximum Gasteiger partial charge on any atom is 0.296 e. The molecule has 0 bridgehead atoms. The van der Waals surface area contributed by atoms with Crippen LogP contribution in [0.2, 0.25) is 0 Å². The lowest BCUT2D eigenvalue weighted by atomic mass is 9.94. The molecule has 0 amide bonds. The Hall–Kier alpha value is -5.63. The molecule has 0 aliphatic heterocycles. The summed E-state index contributed by atoms with van der Waals surface area (Å²) in [6.45, 7) is 0. The zero-order valence-corrected chi connectivity index (χ0v) is 27.5. The molecule has 0 saturated heterocycles. The first-order valence-corrected chi connectivity index (χ1v) is 18.4. The average Bonchev–Trinajstić information content (AvgIpc) is 3.06. The van der Waals surface area contributed by atoms with Crippen LogP contribution in [0.25, 0.3) is 23.3 Å². The summed E-state index contributed by atoms with van der Waals surface area (Å²) in [5.41, 5.74) is 6.08. The van der Waals surface area contributed by atoms with E-state index in [4.69, 9.17) is 0 Å². The number of allylic oxidation sites excluding steroid dienone is 2. The van der Waals surface area contributed by atoms with Gasteiger partial charge in [-0.2, -0.15) is 35.5 Å². The summed E-state index contributed by atoms with van der Waals surface area (Å²) in [5.74, 6) is -1.74. The molecule has 50 heavy (non-hydrogen) atoms. The fraction of sp³-hybridized carbons (Fsp3) is 0. The lowest BCUT2D eigenvalue weighted by Gasteiger charge is -2.18. The summed E-state index contributed by atoms with van der Waals surface area (Å²) >= 11 is 0. The molecule has 4 aromatic rings. The van der Waals surface area contributed by atoms with Gasteiger partial charge in [0.05, 0.1) is 16.9 Å². The Balaban J connectivity index is 1.21. The summed E-state index contributed by atoms with van der Waals surface area (Å²) in [4.78, 5) is 23.8. The number of carbonyl (C=O) groups is 2. The number of carbonyl (C=O) groups excluding carboxylic acids is 2. The molecular weight excluding hydrogens is 713 g/mol. The topological polar surface area (TPSA) is 246 Å². The number of Topliss-reactive ketones (excluding diaryl/α,β-unsaturated/α-hetero) is 1. The van der Waals surface area contributed by atoms with Gasteiger partial charge in [0, 0.05) is 5.56 Å². The highest BCUT2D eigenvalue weighted by Crippen LogP contribution is 2.31. The zero-order valence-electron chi connectivity index (χ0n) is 25.0. The largest absolute Gasteiger partial charge is 0.296 e. The number of benzene rings is 4. The van der Waals surface area contributed by atoms with E-state index in [9.17, 15) is 48.5 Å². The Morgan fingerprint density at radius 2 is 1.00 bits per heavy atom. The van der Waals surface area contributed by atoms with Crippen LogP contribution in [0.4, 0.5) is 11.4 Å². The second-order valence-corrected chi connectivity index (χ2v) is 14.9. The quantitative estimate of drug-likeness (QED) is 0.126. The van der Waals surface area contributed by atoms with Gasteiger partial charge in [-0.3, -0.25) is 34.1 Å². The number of ketones is 2. The summed E-state index contributed by atoms with van der Waals surface area (Å²) < 4.78 is 101. The minimum atomic E-state index is -4.99. The van der Waals surface area contributed by atoms with Crippen LogP contribution >= 0.6 is 0 Å². The summed E-state index contributed by atoms with van der Waals surface area (Å²) in [6.07, 6.45) is 3.53. The van der Waals surface area contributed by atoms with E-state index in [1.165, 1.54) is 36.4 Å². The van der Waals surface area contributed by atoms with Crippen molar-refractivity contribution in [2.24, 2.45) is 10.2 Å². The van der Waals surface area contributed by atoms with Gasteiger partial charge in [0.25, 0.3) is 30.4 Å². The molecule has 4 aromatic carbocycles. The molecule has 0 saturated carbocycles. The Morgan fingerprint density at radius 1 is 0.520 bits per heavy atom. The number of hydrazone groups is 2. The van der Waals surface area contributed by atoms with Gasteiger partial charge in [-0.1, -0.05) is 54.6 Å². The number of fused-ring (bicyclic) bond motifs is 2. The number of anilines is 2. The molecule has 0 heterocycles. The third-order valence-corrected chi connectivity index (χ3v) is 10.2. The van der Waals surface area contributed by atoms with Crippen LogP contribution in [-0.4, -0.2) is 61.9 Å². The minimum Gasteiger partial charge on any atom is -0.287 e. The maximum absolute atomic E-state index is 13.3. The molecular formula is C32H22N4O11S3. The van der Waals surface area contributed by atoms with Gasteiger partial charge in [-0.15, -0.1) is 0 Å². The molecule has 0 aromatic heterocycles. The SMILES string of the molecule is O=C1C=Cc2cccc(S(=O)(=O)O)c2/C1=N/Nc1ccc(-c2ccc(N/N=C3/C(=O)c4c(cccc4S(=O)(=O)O)C=C3S(=O)(=O)O)cc2)cc1. The van der Waals surface area contributed by atoms with Crippen LogP contribution in [0, 0.1) is 0 Å². The van der Waals surface area contributed by atoms with Crippen molar-refractivity contribution in [1.82, 2.24) is 0 Å². The second-order valence-electron chi connectivity index (χ2n) is 10.7. The van der Waals surface area contributed by atoms with Gasteiger partial charge in [0.1, 0.15) is 20.4 Å². The van der Waals surface area contributed by atoms with Crippen LogP contribution in [0.15, 0.2) is 116 Å². The van der Waals surface area contributed by atoms with Gasteiger partial charge < -0.3 is 0 Å². The van der Waals surface area contributed by atoms with E-state index in [1.807, 2.05) is 0 Å². The highest BCUT2D eigenvalue weighted by atomic mass is 32.2. The normalized spacial score (nSPS) is 16.2. The standard InChI is InChI=1S/C32H22N4O11S3/c37-24-16-11-20-3-1-5-25(48(39,40)41)28(20)30(24)35-33-22-12-7-18(8-13-22)19-9-14-23(15-10-19)34-36-31-27(50(45,46)47)17-21-4-2-6-26(49(42,43)44)29(21)32(31)38/h1-17,33-34H,(H,39,40,41)(H,42,43,44)(H,45,46,47)/b35-30+,36-31+. The third kappa shape index (κ3) is 6.79. The van der Waals surface area contributed by atoms with Gasteiger partial charge in [-0.05, 0) is 70.8 Å². The van der Waals surface area contributed by atoms with E-state index in [0.717, 1.165) is 17.7 Å². The average molecular weight is 735 g/mol.